The molecule has 1 saturated heterocycles. The molecule has 1 fully saturated rings. The topological polar surface area (TPSA) is 44.3 Å². The highest BCUT2D eigenvalue weighted by Gasteiger charge is 2.14. The number of benzene rings is 1. The first-order valence-corrected chi connectivity index (χ1v) is 5.11. The summed E-state index contributed by atoms with van der Waals surface area (Å²) in [6, 6.07) is 8.01. The maximum Gasteiger partial charge on any atom is 0.0602 e. The molecular weight excluding hydrogens is 176 g/mol. The van der Waals surface area contributed by atoms with E-state index in [4.69, 9.17) is 5.21 Å². The first-order valence-electron chi connectivity index (χ1n) is 5.11. The van der Waals surface area contributed by atoms with E-state index in [9.17, 15) is 0 Å². The van der Waals surface area contributed by atoms with Crippen LogP contribution in [-0.4, -0.2) is 18.3 Å². The zero-order valence-electron chi connectivity index (χ0n) is 8.16. The predicted molar refractivity (Wildman–Crippen MR) is 56.7 cm³/mol. The summed E-state index contributed by atoms with van der Waals surface area (Å²) >= 11 is 0. The molecule has 1 aromatic carbocycles. The average Bonchev–Trinajstić information content (AvgIpc) is 2.30. The van der Waals surface area contributed by atoms with Gasteiger partial charge in [0, 0.05) is 0 Å². The summed E-state index contributed by atoms with van der Waals surface area (Å²) in [5.41, 5.74) is 4.28. The van der Waals surface area contributed by atoms with Gasteiger partial charge in [0.2, 0.25) is 0 Å². The van der Waals surface area contributed by atoms with Gasteiger partial charge in [-0.3, -0.25) is 10.7 Å². The van der Waals surface area contributed by atoms with Gasteiger partial charge in [0.15, 0.2) is 0 Å². The number of nitrogens with one attached hydrogen (secondary N) is 2. The van der Waals surface area contributed by atoms with Crippen LogP contribution in [0.2, 0.25) is 0 Å². The van der Waals surface area contributed by atoms with Crippen molar-refractivity contribution in [3.05, 3.63) is 29.8 Å². The van der Waals surface area contributed by atoms with Gasteiger partial charge in [0.05, 0.1) is 5.69 Å². The molecule has 14 heavy (non-hydrogen) atoms. The third-order valence-corrected chi connectivity index (χ3v) is 2.85. The average molecular weight is 192 g/mol. The van der Waals surface area contributed by atoms with E-state index in [0.717, 1.165) is 18.8 Å². The number of hydrogen-bond acceptors (Lipinski definition) is 3. The van der Waals surface area contributed by atoms with Crippen molar-refractivity contribution >= 4 is 5.69 Å². The first kappa shape index (κ1) is 9.49. The Morgan fingerprint density at radius 2 is 1.79 bits per heavy atom. The van der Waals surface area contributed by atoms with Crippen LogP contribution in [0.3, 0.4) is 0 Å². The summed E-state index contributed by atoms with van der Waals surface area (Å²) in [5.74, 6) is 0.684. The highest BCUT2D eigenvalue weighted by atomic mass is 16.5. The van der Waals surface area contributed by atoms with Gasteiger partial charge in [0.1, 0.15) is 0 Å². The lowest BCUT2D eigenvalue weighted by atomic mass is 9.90. The molecule has 3 heteroatoms. The van der Waals surface area contributed by atoms with Crippen LogP contribution < -0.4 is 10.8 Å². The fraction of sp³-hybridized carbons (Fsp3) is 0.455. The second kappa shape index (κ2) is 4.44. The molecule has 76 valence electrons. The fourth-order valence-corrected chi connectivity index (χ4v) is 1.99. The molecule has 0 amide bonds. The minimum atomic E-state index is 0.684. The lowest BCUT2D eigenvalue weighted by Crippen LogP contribution is -2.26. The van der Waals surface area contributed by atoms with Crippen LogP contribution in [0.25, 0.3) is 0 Å². The Labute approximate surface area is 84.1 Å². The van der Waals surface area contributed by atoms with Gasteiger partial charge in [-0.05, 0) is 49.5 Å². The van der Waals surface area contributed by atoms with Crippen LogP contribution in [-0.2, 0) is 0 Å². The van der Waals surface area contributed by atoms with Crippen LogP contribution in [0.15, 0.2) is 24.3 Å². The van der Waals surface area contributed by atoms with Crippen LogP contribution in [0.1, 0.15) is 24.3 Å². The summed E-state index contributed by atoms with van der Waals surface area (Å²) in [6.07, 6.45) is 2.43. The molecule has 3 nitrogen and oxygen atoms in total. The van der Waals surface area contributed by atoms with Crippen molar-refractivity contribution in [2.75, 3.05) is 18.6 Å². The maximum absolute atomic E-state index is 8.68. The van der Waals surface area contributed by atoms with Crippen molar-refractivity contribution in [1.29, 1.82) is 0 Å². The Morgan fingerprint density at radius 1 is 1.14 bits per heavy atom. The molecule has 1 aromatic rings. The van der Waals surface area contributed by atoms with E-state index >= 15 is 0 Å². The van der Waals surface area contributed by atoms with Crippen molar-refractivity contribution in [3.8, 4) is 0 Å². The van der Waals surface area contributed by atoms with Crippen molar-refractivity contribution < 1.29 is 5.21 Å². The second-order valence-corrected chi connectivity index (χ2v) is 3.76. The number of piperidine rings is 1. The highest BCUT2D eigenvalue weighted by molar-refractivity contribution is 5.43. The van der Waals surface area contributed by atoms with Gasteiger partial charge in [-0.1, -0.05) is 12.1 Å². The minimum absolute atomic E-state index is 0.684. The molecule has 0 spiro atoms. The van der Waals surface area contributed by atoms with Gasteiger partial charge in [0.25, 0.3) is 0 Å². The van der Waals surface area contributed by atoms with E-state index in [1.807, 2.05) is 12.1 Å². The summed E-state index contributed by atoms with van der Waals surface area (Å²) in [7, 11) is 0. The highest BCUT2D eigenvalue weighted by Crippen LogP contribution is 2.25. The Balaban J connectivity index is 2.07. The van der Waals surface area contributed by atoms with E-state index in [1.54, 1.807) is 0 Å². The second-order valence-electron chi connectivity index (χ2n) is 3.76. The molecule has 0 aliphatic carbocycles. The lowest BCUT2D eigenvalue weighted by molar-refractivity contribution is 0.389. The molecule has 0 unspecified atom stereocenters. The van der Waals surface area contributed by atoms with Crippen LogP contribution in [0, 0.1) is 0 Å². The first-order chi connectivity index (χ1) is 6.90. The molecule has 0 saturated carbocycles. The molecule has 0 radical (unpaired) electrons. The monoisotopic (exact) mass is 192 g/mol. The van der Waals surface area contributed by atoms with E-state index in [1.165, 1.54) is 18.4 Å². The zero-order chi connectivity index (χ0) is 9.80. The summed E-state index contributed by atoms with van der Waals surface area (Å²) < 4.78 is 0. The largest absolute Gasteiger partial charge is 0.317 e. The van der Waals surface area contributed by atoms with Gasteiger partial charge >= 0.3 is 0 Å². The van der Waals surface area contributed by atoms with Crippen molar-refractivity contribution in [2.24, 2.45) is 0 Å². The molecule has 1 heterocycles. The van der Waals surface area contributed by atoms with Crippen molar-refractivity contribution in [1.82, 2.24) is 5.32 Å². The van der Waals surface area contributed by atoms with Gasteiger partial charge in [-0.15, -0.1) is 0 Å². The normalized spacial score (nSPS) is 18.1. The molecule has 0 aromatic heterocycles. The SMILES string of the molecule is ONc1ccc(C2CCNCC2)cc1. The summed E-state index contributed by atoms with van der Waals surface area (Å²) in [6.45, 7) is 2.23. The molecule has 3 N–H and O–H groups in total. The Bertz CT molecular complexity index is 278. The van der Waals surface area contributed by atoms with Gasteiger partial charge in [-0.25, -0.2) is 0 Å². The Hall–Kier alpha value is -1.06. The molecule has 1 aliphatic rings. The maximum atomic E-state index is 8.68. The van der Waals surface area contributed by atoms with E-state index in [0.29, 0.717) is 5.92 Å². The predicted octanol–water partition coefficient (Wildman–Crippen LogP) is 1.95. The fourth-order valence-electron chi connectivity index (χ4n) is 1.99. The number of hydrogen-bond donors (Lipinski definition) is 3. The van der Waals surface area contributed by atoms with E-state index < -0.39 is 0 Å². The smallest absolute Gasteiger partial charge is 0.0602 e. The molecule has 2 rings (SSSR count). The van der Waals surface area contributed by atoms with Crippen LogP contribution in [0.4, 0.5) is 5.69 Å². The molecule has 0 bridgehead atoms. The standard InChI is InChI=1S/C11H16N2O/c14-13-11-3-1-9(2-4-11)10-5-7-12-8-6-10/h1-4,10,12-14H,5-8H2. The van der Waals surface area contributed by atoms with Crippen molar-refractivity contribution in [3.63, 3.8) is 0 Å². The Kier molecular flexibility index (Phi) is 3.01. The van der Waals surface area contributed by atoms with E-state index in [-0.39, 0.29) is 0 Å². The molecule has 1 aliphatic heterocycles. The van der Waals surface area contributed by atoms with Crippen LogP contribution >= 0.6 is 0 Å². The van der Waals surface area contributed by atoms with Crippen LogP contribution in [0.5, 0.6) is 0 Å². The van der Waals surface area contributed by atoms with Crippen molar-refractivity contribution in [2.45, 2.75) is 18.8 Å². The van der Waals surface area contributed by atoms with Gasteiger partial charge in [-0.2, -0.15) is 0 Å². The Morgan fingerprint density at radius 3 is 2.36 bits per heavy atom. The zero-order valence-corrected chi connectivity index (χ0v) is 8.16. The summed E-state index contributed by atoms with van der Waals surface area (Å²) in [5, 5.41) is 12.0. The third kappa shape index (κ3) is 2.05. The quantitative estimate of drug-likeness (QED) is 0.627. The molecular formula is C11H16N2O. The van der Waals surface area contributed by atoms with E-state index in [2.05, 4.69) is 22.9 Å². The third-order valence-electron chi connectivity index (χ3n) is 2.85. The number of anilines is 1. The molecule has 0 atom stereocenters. The lowest BCUT2D eigenvalue weighted by Gasteiger charge is -2.23. The summed E-state index contributed by atoms with van der Waals surface area (Å²) in [4.78, 5) is 0. The number of rotatable bonds is 2. The minimum Gasteiger partial charge on any atom is -0.317 e. The van der Waals surface area contributed by atoms with Gasteiger partial charge < -0.3 is 5.32 Å².